The Balaban J connectivity index is 2.10. The van der Waals surface area contributed by atoms with E-state index in [9.17, 15) is 0 Å². The number of hydrogen-bond donors (Lipinski definition) is 0. The van der Waals surface area contributed by atoms with Crippen LogP contribution in [-0.4, -0.2) is 0 Å². The fourth-order valence-corrected chi connectivity index (χ4v) is 2.82. The first-order valence-corrected chi connectivity index (χ1v) is 7.13. The molecule has 1 heteroatoms. The molecule has 21 heavy (non-hydrogen) atoms. The van der Waals surface area contributed by atoms with E-state index in [4.69, 9.17) is 4.42 Å². The van der Waals surface area contributed by atoms with Crippen LogP contribution >= 0.6 is 0 Å². The van der Waals surface area contributed by atoms with Gasteiger partial charge in [-0.3, -0.25) is 0 Å². The van der Waals surface area contributed by atoms with E-state index in [-0.39, 0.29) is 0 Å². The summed E-state index contributed by atoms with van der Waals surface area (Å²) in [6.07, 6.45) is 0. The van der Waals surface area contributed by atoms with Crippen LogP contribution in [0.25, 0.3) is 33.1 Å². The van der Waals surface area contributed by atoms with Crippen molar-refractivity contribution in [3.63, 3.8) is 0 Å². The maximum Gasteiger partial charge on any atom is 0.368 e. The van der Waals surface area contributed by atoms with Gasteiger partial charge in [-0.15, -0.1) is 0 Å². The number of fused-ring (bicyclic) bond motifs is 3. The number of aryl methyl sites for hydroxylation is 1. The lowest BCUT2D eigenvalue weighted by atomic mass is 10.0. The minimum absolute atomic E-state index is 0.914. The van der Waals surface area contributed by atoms with Crippen molar-refractivity contribution in [2.45, 2.75) is 6.92 Å². The predicted octanol–water partition coefficient (Wildman–Crippen LogP) is 5.84. The molecule has 0 radical (unpaired) electrons. The van der Waals surface area contributed by atoms with Gasteiger partial charge in [-0.05, 0) is 42.1 Å². The minimum Gasteiger partial charge on any atom is -0.206 e. The monoisotopic (exact) mass is 271 g/mol. The largest absolute Gasteiger partial charge is 0.368 e. The molecule has 0 bridgehead atoms. The van der Waals surface area contributed by atoms with Crippen molar-refractivity contribution >= 4 is 21.7 Å². The molecule has 0 unspecified atom stereocenters. The molecule has 0 aliphatic carbocycles. The van der Waals surface area contributed by atoms with Crippen LogP contribution < -0.4 is 0 Å². The second kappa shape index (κ2) is 4.71. The maximum absolute atomic E-state index is 6.24. The second-order valence-electron chi connectivity index (χ2n) is 5.32. The Bertz CT molecular complexity index is 940. The fourth-order valence-electron chi connectivity index (χ4n) is 2.82. The lowest BCUT2D eigenvalue weighted by molar-refractivity contribution is 0.622. The third-order valence-electron chi connectivity index (χ3n) is 3.92. The lowest BCUT2D eigenvalue weighted by Crippen LogP contribution is -1.85. The van der Waals surface area contributed by atoms with Gasteiger partial charge in [0.15, 0.2) is 0 Å². The Kier molecular flexibility index (Phi) is 2.71. The summed E-state index contributed by atoms with van der Waals surface area (Å²) in [6, 6.07) is 25.0. The zero-order valence-electron chi connectivity index (χ0n) is 11.8. The van der Waals surface area contributed by atoms with Gasteiger partial charge in [0, 0.05) is 6.07 Å². The highest BCUT2D eigenvalue weighted by Gasteiger charge is 2.19. The van der Waals surface area contributed by atoms with E-state index in [2.05, 4.69) is 61.5 Å². The van der Waals surface area contributed by atoms with E-state index in [1.165, 1.54) is 16.3 Å². The summed E-state index contributed by atoms with van der Waals surface area (Å²) in [6.45, 7) is 2.14. The Morgan fingerprint density at radius 2 is 1.48 bits per heavy atom. The summed E-state index contributed by atoms with van der Waals surface area (Å²) in [5.74, 6) is 0.914. The van der Waals surface area contributed by atoms with Gasteiger partial charge in [0.25, 0.3) is 0 Å². The molecule has 4 aromatic rings. The molecule has 100 valence electrons. The number of rotatable bonds is 1. The number of hydrogen-bond acceptors (Lipinski definition) is 0. The van der Waals surface area contributed by atoms with Crippen LogP contribution in [0.4, 0.5) is 0 Å². The summed E-state index contributed by atoms with van der Waals surface area (Å²) in [5.41, 5.74) is 3.31. The first kappa shape index (κ1) is 12.1. The Morgan fingerprint density at radius 1 is 0.714 bits per heavy atom. The molecule has 3 aromatic carbocycles. The van der Waals surface area contributed by atoms with Crippen molar-refractivity contribution < 1.29 is 4.42 Å². The molecule has 0 N–H and O–H groups in total. The van der Waals surface area contributed by atoms with Crippen molar-refractivity contribution in [1.82, 2.24) is 0 Å². The summed E-state index contributed by atoms with van der Waals surface area (Å²) >= 11 is 0. The maximum atomic E-state index is 6.24. The summed E-state index contributed by atoms with van der Waals surface area (Å²) in [4.78, 5) is 0. The molecule has 0 aliphatic rings. The Labute approximate surface area is 123 Å². The van der Waals surface area contributed by atoms with Crippen LogP contribution in [0.15, 0.2) is 77.2 Å². The van der Waals surface area contributed by atoms with Gasteiger partial charge in [-0.2, -0.15) is 0 Å². The molecular weight excluding hydrogens is 256 g/mol. The van der Waals surface area contributed by atoms with Gasteiger partial charge in [0.1, 0.15) is 0 Å². The Hall–Kier alpha value is -2.67. The highest BCUT2D eigenvalue weighted by molar-refractivity contribution is 6.05. The average molecular weight is 271 g/mol. The van der Waals surface area contributed by atoms with Gasteiger partial charge >= 0.3 is 11.3 Å². The first-order chi connectivity index (χ1) is 10.3. The topological polar surface area (TPSA) is 11.3 Å². The smallest absolute Gasteiger partial charge is 0.206 e. The van der Waals surface area contributed by atoms with Crippen molar-refractivity contribution in [2.75, 3.05) is 0 Å². The van der Waals surface area contributed by atoms with Crippen molar-refractivity contribution in [3.05, 3.63) is 78.4 Å². The molecule has 1 aromatic heterocycles. The Morgan fingerprint density at radius 3 is 2.33 bits per heavy atom. The molecule has 0 spiro atoms. The zero-order valence-corrected chi connectivity index (χ0v) is 11.8. The van der Waals surface area contributed by atoms with Gasteiger partial charge in [-0.25, -0.2) is 4.42 Å². The van der Waals surface area contributed by atoms with Crippen molar-refractivity contribution in [2.24, 2.45) is 0 Å². The standard InChI is InChI=1S/C20H15O/c1-14-13-19(16-8-3-2-4-9-16)21-20-17(14)12-11-15-7-5-6-10-18(15)20/h2-13H,1H3/q+1. The van der Waals surface area contributed by atoms with Crippen molar-refractivity contribution in [3.8, 4) is 11.3 Å². The first-order valence-electron chi connectivity index (χ1n) is 7.13. The molecule has 4 rings (SSSR count). The molecule has 0 saturated carbocycles. The van der Waals surface area contributed by atoms with E-state index in [0.29, 0.717) is 0 Å². The van der Waals surface area contributed by atoms with E-state index in [1.54, 1.807) is 0 Å². The highest BCUT2D eigenvalue weighted by Crippen LogP contribution is 2.32. The SMILES string of the molecule is Cc1cc(-c2ccccc2)[o+]c2c1ccc1ccccc12. The van der Waals surface area contributed by atoms with Crippen LogP contribution in [0.2, 0.25) is 0 Å². The summed E-state index contributed by atoms with van der Waals surface area (Å²) < 4.78 is 6.24. The number of benzene rings is 3. The van der Waals surface area contributed by atoms with E-state index in [1.807, 2.05) is 18.2 Å². The molecule has 0 atom stereocenters. The van der Waals surface area contributed by atoms with Crippen LogP contribution in [0.3, 0.4) is 0 Å². The van der Waals surface area contributed by atoms with Crippen molar-refractivity contribution in [1.29, 1.82) is 0 Å². The van der Waals surface area contributed by atoms with E-state index in [0.717, 1.165) is 22.3 Å². The molecule has 0 fully saturated rings. The fraction of sp³-hybridized carbons (Fsp3) is 0.0500. The zero-order chi connectivity index (χ0) is 14.2. The van der Waals surface area contributed by atoms with Crippen LogP contribution in [0.5, 0.6) is 0 Å². The van der Waals surface area contributed by atoms with Gasteiger partial charge in [0.05, 0.1) is 16.3 Å². The van der Waals surface area contributed by atoms with Crippen LogP contribution in [0.1, 0.15) is 5.56 Å². The van der Waals surface area contributed by atoms with Crippen LogP contribution in [0, 0.1) is 6.92 Å². The molecule has 1 nitrogen and oxygen atoms in total. The predicted molar refractivity (Wildman–Crippen MR) is 88.3 cm³/mol. The van der Waals surface area contributed by atoms with E-state index >= 15 is 0 Å². The highest BCUT2D eigenvalue weighted by atomic mass is 16.3. The van der Waals surface area contributed by atoms with Gasteiger partial charge in [-0.1, -0.05) is 42.5 Å². The molecule has 1 heterocycles. The van der Waals surface area contributed by atoms with Crippen LogP contribution in [-0.2, 0) is 0 Å². The van der Waals surface area contributed by atoms with Gasteiger partial charge in [0.2, 0.25) is 0 Å². The normalized spacial score (nSPS) is 11.1. The van der Waals surface area contributed by atoms with Gasteiger partial charge < -0.3 is 0 Å². The molecule has 0 amide bonds. The van der Waals surface area contributed by atoms with E-state index < -0.39 is 0 Å². The molecule has 0 aliphatic heterocycles. The summed E-state index contributed by atoms with van der Waals surface area (Å²) in [5, 5.41) is 3.54. The molecular formula is C20H15O+. The third kappa shape index (κ3) is 1.98. The molecule has 0 saturated heterocycles. The second-order valence-corrected chi connectivity index (χ2v) is 5.32. The lowest BCUT2D eigenvalue weighted by Gasteiger charge is -2.00. The quantitative estimate of drug-likeness (QED) is 0.312. The average Bonchev–Trinajstić information content (AvgIpc) is 2.55. The third-order valence-corrected chi connectivity index (χ3v) is 3.92. The minimum atomic E-state index is 0.914. The summed E-state index contributed by atoms with van der Waals surface area (Å²) in [7, 11) is 0.